The standard InChI is InChI=1S/C15H16N2O3/c18-15(19)11-20-14-5-1-3-12(7-14)8-17-10-13-4-2-6-16-9-13/h1-7,9,17H,8,10-11H2,(H,18,19). The molecule has 20 heavy (non-hydrogen) atoms. The monoisotopic (exact) mass is 272 g/mol. The van der Waals surface area contributed by atoms with E-state index in [1.807, 2.05) is 36.5 Å². The number of rotatable bonds is 7. The van der Waals surface area contributed by atoms with Crippen molar-refractivity contribution in [3.63, 3.8) is 0 Å². The summed E-state index contributed by atoms with van der Waals surface area (Å²) < 4.78 is 5.14. The number of ether oxygens (including phenoxy) is 1. The smallest absolute Gasteiger partial charge is 0.341 e. The zero-order valence-corrected chi connectivity index (χ0v) is 11.0. The fraction of sp³-hybridized carbons (Fsp3) is 0.200. The Bertz CT molecular complexity index is 558. The topological polar surface area (TPSA) is 71.5 Å². The molecule has 5 nitrogen and oxygen atoms in total. The molecule has 0 bridgehead atoms. The van der Waals surface area contributed by atoms with Gasteiger partial charge in [0.1, 0.15) is 5.75 Å². The van der Waals surface area contributed by atoms with Gasteiger partial charge in [-0.2, -0.15) is 0 Å². The molecule has 0 aliphatic carbocycles. The molecular weight excluding hydrogens is 256 g/mol. The maximum atomic E-state index is 10.4. The molecule has 2 N–H and O–H groups in total. The van der Waals surface area contributed by atoms with Gasteiger partial charge in [0.25, 0.3) is 0 Å². The van der Waals surface area contributed by atoms with Gasteiger partial charge in [0.15, 0.2) is 6.61 Å². The van der Waals surface area contributed by atoms with Crippen molar-refractivity contribution < 1.29 is 14.6 Å². The van der Waals surface area contributed by atoms with Crippen LogP contribution in [0.1, 0.15) is 11.1 Å². The average Bonchev–Trinajstić information content (AvgIpc) is 2.47. The molecule has 0 atom stereocenters. The van der Waals surface area contributed by atoms with Gasteiger partial charge in [0, 0.05) is 25.5 Å². The number of carboxylic acids is 1. The van der Waals surface area contributed by atoms with Crippen molar-refractivity contribution in [1.29, 1.82) is 0 Å². The maximum absolute atomic E-state index is 10.4. The van der Waals surface area contributed by atoms with Gasteiger partial charge < -0.3 is 15.2 Å². The van der Waals surface area contributed by atoms with Crippen LogP contribution in [0.2, 0.25) is 0 Å². The summed E-state index contributed by atoms with van der Waals surface area (Å²) in [5, 5.41) is 11.9. The normalized spacial score (nSPS) is 10.2. The second-order valence-corrected chi connectivity index (χ2v) is 4.29. The van der Waals surface area contributed by atoms with Crippen LogP contribution in [-0.4, -0.2) is 22.7 Å². The predicted molar refractivity (Wildman–Crippen MR) is 74.4 cm³/mol. The Labute approximate surface area is 117 Å². The molecule has 0 aliphatic rings. The highest BCUT2D eigenvalue weighted by Gasteiger charge is 2.00. The van der Waals surface area contributed by atoms with E-state index in [9.17, 15) is 4.79 Å². The molecule has 5 heteroatoms. The van der Waals surface area contributed by atoms with E-state index in [4.69, 9.17) is 9.84 Å². The van der Waals surface area contributed by atoms with E-state index in [0.29, 0.717) is 12.3 Å². The largest absolute Gasteiger partial charge is 0.482 e. The van der Waals surface area contributed by atoms with Crippen molar-refractivity contribution in [3.05, 3.63) is 59.9 Å². The van der Waals surface area contributed by atoms with Crippen LogP contribution in [0, 0.1) is 0 Å². The molecule has 2 rings (SSSR count). The molecule has 0 fully saturated rings. The Morgan fingerprint density at radius 2 is 2.00 bits per heavy atom. The second kappa shape index (κ2) is 7.25. The highest BCUT2D eigenvalue weighted by atomic mass is 16.5. The highest BCUT2D eigenvalue weighted by molar-refractivity contribution is 5.68. The Hall–Kier alpha value is -2.40. The van der Waals surface area contributed by atoms with Crippen molar-refractivity contribution in [3.8, 4) is 5.75 Å². The minimum atomic E-state index is -0.981. The van der Waals surface area contributed by atoms with Crippen molar-refractivity contribution >= 4 is 5.97 Å². The Morgan fingerprint density at radius 3 is 2.75 bits per heavy atom. The highest BCUT2D eigenvalue weighted by Crippen LogP contribution is 2.13. The molecule has 0 spiro atoms. The van der Waals surface area contributed by atoms with E-state index in [0.717, 1.165) is 17.7 Å². The lowest BCUT2D eigenvalue weighted by Crippen LogP contribution is -2.13. The van der Waals surface area contributed by atoms with Crippen molar-refractivity contribution in [2.24, 2.45) is 0 Å². The van der Waals surface area contributed by atoms with E-state index in [1.54, 1.807) is 12.3 Å². The summed E-state index contributed by atoms with van der Waals surface area (Å²) in [7, 11) is 0. The predicted octanol–water partition coefficient (Wildman–Crippen LogP) is 1.83. The van der Waals surface area contributed by atoms with Crippen LogP contribution in [0.25, 0.3) is 0 Å². The lowest BCUT2D eigenvalue weighted by atomic mass is 10.2. The third-order valence-electron chi connectivity index (χ3n) is 2.64. The molecule has 0 aliphatic heterocycles. The van der Waals surface area contributed by atoms with E-state index < -0.39 is 5.97 Å². The lowest BCUT2D eigenvalue weighted by molar-refractivity contribution is -0.139. The molecule has 104 valence electrons. The van der Waals surface area contributed by atoms with Gasteiger partial charge >= 0.3 is 5.97 Å². The first kappa shape index (κ1) is 14.0. The quantitative estimate of drug-likeness (QED) is 0.804. The van der Waals surface area contributed by atoms with Crippen LogP contribution in [0.3, 0.4) is 0 Å². The minimum Gasteiger partial charge on any atom is -0.482 e. The van der Waals surface area contributed by atoms with Gasteiger partial charge in [0.05, 0.1) is 0 Å². The first-order valence-corrected chi connectivity index (χ1v) is 6.27. The number of nitrogens with one attached hydrogen (secondary N) is 1. The lowest BCUT2D eigenvalue weighted by Gasteiger charge is -2.07. The van der Waals surface area contributed by atoms with Gasteiger partial charge in [0.2, 0.25) is 0 Å². The summed E-state index contributed by atoms with van der Waals surface area (Å²) in [5.74, 6) is -0.418. The first-order valence-electron chi connectivity index (χ1n) is 6.27. The summed E-state index contributed by atoms with van der Waals surface area (Å²) in [6.07, 6.45) is 3.56. The Kier molecular flexibility index (Phi) is 5.08. The molecule has 1 aromatic carbocycles. The van der Waals surface area contributed by atoms with Crippen LogP contribution in [0.4, 0.5) is 0 Å². The maximum Gasteiger partial charge on any atom is 0.341 e. The van der Waals surface area contributed by atoms with E-state index >= 15 is 0 Å². The van der Waals surface area contributed by atoms with Gasteiger partial charge in [-0.25, -0.2) is 4.79 Å². The van der Waals surface area contributed by atoms with Gasteiger partial charge in [-0.15, -0.1) is 0 Å². The van der Waals surface area contributed by atoms with Crippen LogP contribution in [0.15, 0.2) is 48.8 Å². The molecule has 1 aromatic heterocycles. The molecule has 2 aromatic rings. The summed E-state index contributed by atoms with van der Waals surface area (Å²) >= 11 is 0. The fourth-order valence-corrected chi connectivity index (χ4v) is 1.74. The van der Waals surface area contributed by atoms with Crippen molar-refractivity contribution in [2.45, 2.75) is 13.1 Å². The van der Waals surface area contributed by atoms with Gasteiger partial charge in [-0.05, 0) is 29.3 Å². The number of hydrogen-bond acceptors (Lipinski definition) is 4. The molecule has 1 heterocycles. The summed E-state index contributed by atoms with van der Waals surface area (Å²) in [6.45, 7) is 1.08. The number of pyridine rings is 1. The van der Waals surface area contributed by atoms with E-state index in [-0.39, 0.29) is 6.61 Å². The third kappa shape index (κ3) is 4.70. The summed E-state index contributed by atoms with van der Waals surface area (Å²) in [6, 6.07) is 11.3. The van der Waals surface area contributed by atoms with Gasteiger partial charge in [-0.1, -0.05) is 18.2 Å². The molecular formula is C15H16N2O3. The van der Waals surface area contributed by atoms with Crippen LogP contribution in [-0.2, 0) is 17.9 Å². The molecule has 0 saturated heterocycles. The summed E-state index contributed by atoms with van der Waals surface area (Å²) in [5.41, 5.74) is 2.16. The Morgan fingerprint density at radius 1 is 1.20 bits per heavy atom. The number of benzene rings is 1. The fourth-order valence-electron chi connectivity index (χ4n) is 1.74. The summed E-state index contributed by atoms with van der Waals surface area (Å²) in [4.78, 5) is 14.5. The number of aliphatic carboxylic acids is 1. The van der Waals surface area contributed by atoms with E-state index in [2.05, 4.69) is 10.3 Å². The van der Waals surface area contributed by atoms with E-state index in [1.165, 1.54) is 0 Å². The zero-order chi connectivity index (χ0) is 14.2. The molecule has 0 amide bonds. The van der Waals surface area contributed by atoms with Crippen LogP contribution < -0.4 is 10.1 Å². The third-order valence-corrected chi connectivity index (χ3v) is 2.64. The molecule has 0 saturated carbocycles. The zero-order valence-electron chi connectivity index (χ0n) is 11.0. The number of carbonyl (C=O) groups is 1. The SMILES string of the molecule is O=C(O)COc1cccc(CNCc2cccnc2)c1. The molecule has 0 unspecified atom stereocenters. The number of hydrogen-bond donors (Lipinski definition) is 2. The Balaban J connectivity index is 1.83. The van der Waals surface area contributed by atoms with Crippen molar-refractivity contribution in [2.75, 3.05) is 6.61 Å². The number of nitrogens with zero attached hydrogens (tertiary/aromatic N) is 1. The van der Waals surface area contributed by atoms with Crippen molar-refractivity contribution in [1.82, 2.24) is 10.3 Å². The van der Waals surface area contributed by atoms with Gasteiger partial charge in [-0.3, -0.25) is 4.98 Å². The second-order valence-electron chi connectivity index (χ2n) is 4.29. The van der Waals surface area contributed by atoms with Crippen LogP contribution >= 0.6 is 0 Å². The number of aromatic nitrogens is 1. The number of carboxylic acid groups (broad SMARTS) is 1. The van der Waals surface area contributed by atoms with Crippen LogP contribution in [0.5, 0.6) is 5.75 Å². The average molecular weight is 272 g/mol. The molecule has 0 radical (unpaired) electrons. The minimum absolute atomic E-state index is 0.327. The first-order chi connectivity index (χ1) is 9.74.